The Labute approximate surface area is 232 Å². The fourth-order valence-corrected chi connectivity index (χ4v) is 4.86. The van der Waals surface area contributed by atoms with Crippen LogP contribution in [0.5, 0.6) is 5.88 Å². The van der Waals surface area contributed by atoms with Crippen molar-refractivity contribution in [2.75, 3.05) is 25.6 Å². The minimum Gasteiger partial charge on any atom is -0.481 e. The van der Waals surface area contributed by atoms with Gasteiger partial charge in [-0.2, -0.15) is 0 Å². The molecule has 0 unspecified atom stereocenters. The molecule has 9 heteroatoms. The van der Waals surface area contributed by atoms with Gasteiger partial charge in [-0.1, -0.05) is 48.0 Å². The van der Waals surface area contributed by atoms with Gasteiger partial charge >= 0.3 is 0 Å². The Bertz CT molecular complexity index is 1640. The van der Waals surface area contributed by atoms with Crippen molar-refractivity contribution in [1.29, 1.82) is 0 Å². The summed E-state index contributed by atoms with van der Waals surface area (Å²) in [6.07, 6.45) is 1.74. The molecule has 0 amide bonds. The molecule has 3 heterocycles. The third-order valence-electron chi connectivity index (χ3n) is 6.45. The van der Waals surface area contributed by atoms with Crippen LogP contribution in [0.3, 0.4) is 0 Å². The number of hydrogen-bond acceptors (Lipinski definition) is 8. The van der Waals surface area contributed by atoms with Gasteiger partial charge in [0.15, 0.2) is 5.82 Å². The van der Waals surface area contributed by atoms with E-state index in [0.717, 1.165) is 39.0 Å². The van der Waals surface area contributed by atoms with Crippen LogP contribution in [0.2, 0.25) is 5.02 Å². The first-order chi connectivity index (χ1) is 19.0. The standard InChI is InChI=1S/C30H29ClN6O2/c1-18-21(7-5-10-24(18)36-29-28-26(11-6-14-33-28)34-19(2)35-29)22-8-4-9-23(27(22)31)25-13-12-20(17-32-15-16-38)30(37-25)39-3/h4-14,32,38H,15-17H2,1-3H3,(H,34,35,36). The first-order valence-corrected chi connectivity index (χ1v) is 13.0. The number of ether oxygens (including phenoxy) is 1. The predicted octanol–water partition coefficient (Wildman–Crippen LogP) is 5.86. The fourth-order valence-electron chi connectivity index (χ4n) is 4.53. The number of fused-ring (bicyclic) bond motifs is 1. The molecule has 0 radical (unpaired) electrons. The van der Waals surface area contributed by atoms with Gasteiger partial charge < -0.3 is 20.5 Å². The van der Waals surface area contributed by atoms with Crippen LogP contribution in [0, 0.1) is 13.8 Å². The van der Waals surface area contributed by atoms with Crippen LogP contribution in [0.15, 0.2) is 66.9 Å². The van der Waals surface area contributed by atoms with Crippen LogP contribution < -0.4 is 15.4 Å². The van der Waals surface area contributed by atoms with Crippen LogP contribution in [0.25, 0.3) is 33.4 Å². The highest BCUT2D eigenvalue weighted by molar-refractivity contribution is 6.36. The van der Waals surface area contributed by atoms with Crippen LogP contribution in [-0.4, -0.2) is 45.3 Å². The molecule has 0 spiro atoms. The van der Waals surface area contributed by atoms with Crippen LogP contribution in [0.1, 0.15) is 17.0 Å². The Balaban J connectivity index is 1.51. The number of halogens is 1. The van der Waals surface area contributed by atoms with Gasteiger partial charge in [0.05, 0.1) is 29.9 Å². The molecule has 5 aromatic rings. The van der Waals surface area contributed by atoms with Crippen LogP contribution >= 0.6 is 11.6 Å². The molecular weight excluding hydrogens is 512 g/mol. The Kier molecular flexibility index (Phi) is 7.97. The van der Waals surface area contributed by atoms with Crippen molar-refractivity contribution in [3.8, 4) is 28.3 Å². The van der Waals surface area contributed by atoms with E-state index in [9.17, 15) is 0 Å². The largest absolute Gasteiger partial charge is 0.481 e. The molecule has 0 aliphatic heterocycles. The normalized spacial score (nSPS) is 11.1. The van der Waals surface area contributed by atoms with Crippen LogP contribution in [0.4, 0.5) is 11.5 Å². The van der Waals surface area contributed by atoms with E-state index in [1.54, 1.807) is 13.3 Å². The van der Waals surface area contributed by atoms with Gasteiger partial charge in [-0.05, 0) is 49.2 Å². The minimum absolute atomic E-state index is 0.0680. The lowest BCUT2D eigenvalue weighted by atomic mass is 9.96. The molecule has 5 rings (SSSR count). The number of benzene rings is 2. The van der Waals surface area contributed by atoms with E-state index in [2.05, 4.69) is 38.6 Å². The maximum atomic E-state index is 9.04. The number of methoxy groups -OCH3 is 1. The topological polar surface area (TPSA) is 105 Å². The molecule has 0 saturated carbocycles. The molecule has 0 bridgehead atoms. The number of nitrogens with zero attached hydrogens (tertiary/aromatic N) is 4. The van der Waals surface area contributed by atoms with Crippen molar-refractivity contribution in [2.45, 2.75) is 20.4 Å². The highest BCUT2D eigenvalue weighted by atomic mass is 35.5. The van der Waals surface area contributed by atoms with Crippen LogP contribution in [-0.2, 0) is 6.54 Å². The summed E-state index contributed by atoms with van der Waals surface area (Å²) in [5.74, 6) is 1.84. The Morgan fingerprint density at radius 3 is 2.51 bits per heavy atom. The molecule has 0 aliphatic carbocycles. The monoisotopic (exact) mass is 540 g/mol. The molecule has 0 saturated heterocycles. The first-order valence-electron chi connectivity index (χ1n) is 12.6. The molecule has 8 nitrogen and oxygen atoms in total. The average Bonchev–Trinajstić information content (AvgIpc) is 2.95. The van der Waals surface area contributed by atoms with Crippen molar-refractivity contribution in [2.24, 2.45) is 0 Å². The molecule has 198 valence electrons. The predicted molar refractivity (Wildman–Crippen MR) is 156 cm³/mol. The second kappa shape index (κ2) is 11.7. The molecule has 39 heavy (non-hydrogen) atoms. The average molecular weight is 541 g/mol. The number of aryl methyl sites for hydroxylation is 1. The lowest BCUT2D eigenvalue weighted by Crippen LogP contribution is -2.18. The summed E-state index contributed by atoms with van der Waals surface area (Å²) in [6, 6.07) is 19.7. The van der Waals surface area contributed by atoms with E-state index in [1.807, 2.05) is 61.5 Å². The maximum Gasteiger partial charge on any atom is 0.218 e. The zero-order chi connectivity index (χ0) is 27.4. The number of rotatable bonds is 9. The summed E-state index contributed by atoms with van der Waals surface area (Å²) in [4.78, 5) is 18.3. The van der Waals surface area contributed by atoms with E-state index >= 15 is 0 Å². The molecule has 2 aromatic carbocycles. The smallest absolute Gasteiger partial charge is 0.218 e. The molecular formula is C30H29ClN6O2. The Morgan fingerprint density at radius 2 is 1.69 bits per heavy atom. The Morgan fingerprint density at radius 1 is 0.897 bits per heavy atom. The van der Waals surface area contributed by atoms with Crippen molar-refractivity contribution in [1.82, 2.24) is 25.3 Å². The maximum absolute atomic E-state index is 9.04. The number of aliphatic hydroxyl groups is 1. The van der Waals surface area contributed by atoms with Crippen molar-refractivity contribution in [3.05, 3.63) is 88.8 Å². The highest BCUT2D eigenvalue weighted by Gasteiger charge is 2.17. The van der Waals surface area contributed by atoms with E-state index < -0.39 is 0 Å². The van der Waals surface area contributed by atoms with Crippen molar-refractivity contribution < 1.29 is 9.84 Å². The van der Waals surface area contributed by atoms with Gasteiger partial charge in [0.1, 0.15) is 11.3 Å². The molecule has 0 atom stereocenters. The molecule has 0 fully saturated rings. The summed E-state index contributed by atoms with van der Waals surface area (Å²) in [6.45, 7) is 5.03. The third kappa shape index (κ3) is 5.54. The van der Waals surface area contributed by atoms with Gasteiger partial charge in [0.2, 0.25) is 5.88 Å². The summed E-state index contributed by atoms with van der Waals surface area (Å²) in [5.41, 5.74) is 7.73. The zero-order valence-electron chi connectivity index (χ0n) is 22.0. The minimum atomic E-state index is 0.0680. The van der Waals surface area contributed by atoms with Gasteiger partial charge in [0.25, 0.3) is 0 Å². The number of aromatic nitrogens is 4. The fraction of sp³-hybridized carbons (Fsp3) is 0.200. The highest BCUT2D eigenvalue weighted by Crippen LogP contribution is 2.39. The van der Waals surface area contributed by atoms with E-state index in [4.69, 9.17) is 26.4 Å². The first kappa shape index (κ1) is 26.5. The summed E-state index contributed by atoms with van der Waals surface area (Å²) < 4.78 is 5.54. The van der Waals surface area contributed by atoms with E-state index in [0.29, 0.717) is 46.8 Å². The third-order valence-corrected chi connectivity index (χ3v) is 6.86. The SMILES string of the molecule is COc1nc(-c2cccc(-c3cccc(Nc4nc(C)nc5cccnc45)c3C)c2Cl)ccc1CNCCO. The molecule has 3 aromatic heterocycles. The number of aliphatic hydroxyl groups excluding tert-OH is 1. The Hall–Kier alpha value is -4.11. The summed E-state index contributed by atoms with van der Waals surface area (Å²) in [5, 5.41) is 16.3. The van der Waals surface area contributed by atoms with E-state index in [-0.39, 0.29) is 6.61 Å². The quantitative estimate of drug-likeness (QED) is 0.200. The summed E-state index contributed by atoms with van der Waals surface area (Å²) in [7, 11) is 1.60. The van der Waals surface area contributed by atoms with Crippen molar-refractivity contribution >= 4 is 34.1 Å². The lowest BCUT2D eigenvalue weighted by Gasteiger charge is -2.17. The number of hydrogen-bond donors (Lipinski definition) is 3. The van der Waals surface area contributed by atoms with Gasteiger partial charge in [0, 0.05) is 41.7 Å². The number of anilines is 2. The lowest BCUT2D eigenvalue weighted by molar-refractivity contribution is 0.291. The van der Waals surface area contributed by atoms with Gasteiger partial charge in [-0.3, -0.25) is 4.98 Å². The van der Waals surface area contributed by atoms with Gasteiger partial charge in [-0.15, -0.1) is 0 Å². The number of pyridine rings is 2. The zero-order valence-corrected chi connectivity index (χ0v) is 22.8. The molecule has 3 N–H and O–H groups in total. The second-order valence-corrected chi connectivity index (χ2v) is 9.40. The summed E-state index contributed by atoms with van der Waals surface area (Å²) >= 11 is 7.03. The number of nitrogens with one attached hydrogen (secondary N) is 2. The van der Waals surface area contributed by atoms with Gasteiger partial charge in [-0.25, -0.2) is 15.0 Å². The van der Waals surface area contributed by atoms with E-state index in [1.165, 1.54) is 0 Å². The van der Waals surface area contributed by atoms with Crippen molar-refractivity contribution in [3.63, 3.8) is 0 Å². The molecule has 0 aliphatic rings. The second-order valence-electron chi connectivity index (χ2n) is 9.03.